The average Bonchev–Trinajstić information content (AvgIpc) is 2.89. The Kier molecular flexibility index (Phi) is 9.56. The molecule has 0 radical (unpaired) electrons. The number of hydrogen-bond donors (Lipinski definition) is 0. The van der Waals surface area contributed by atoms with Crippen molar-refractivity contribution >= 4 is 5.97 Å². The first-order valence-corrected chi connectivity index (χ1v) is 15.3. The molecule has 0 amide bonds. The second kappa shape index (κ2) is 12.4. The summed E-state index contributed by atoms with van der Waals surface area (Å²) in [6, 6.07) is 8.77. The van der Waals surface area contributed by atoms with E-state index >= 15 is 4.39 Å². The molecular formula is C33H50FO2-. The van der Waals surface area contributed by atoms with Gasteiger partial charge in [0.2, 0.25) is 0 Å². The molecule has 3 heteroatoms. The minimum atomic E-state index is -1.32. The number of carboxylic acids is 1. The molecule has 0 heterocycles. The van der Waals surface area contributed by atoms with Crippen LogP contribution in [-0.4, -0.2) is 12.1 Å². The molecule has 1 aromatic rings. The third-order valence-electron chi connectivity index (χ3n) is 10.8. The van der Waals surface area contributed by atoms with E-state index in [0.717, 1.165) is 37.0 Å². The summed E-state index contributed by atoms with van der Waals surface area (Å²) in [4.78, 5) is 11.5. The Balaban J connectivity index is 1.43. The van der Waals surface area contributed by atoms with Crippen LogP contribution in [0.25, 0.3) is 0 Å². The number of hydrogen-bond acceptors (Lipinski definition) is 2. The molecule has 3 fully saturated rings. The Labute approximate surface area is 219 Å². The molecule has 0 bridgehead atoms. The van der Waals surface area contributed by atoms with E-state index < -0.39 is 18.1 Å². The van der Waals surface area contributed by atoms with Crippen LogP contribution in [0.15, 0.2) is 24.3 Å². The fourth-order valence-corrected chi connectivity index (χ4v) is 8.68. The van der Waals surface area contributed by atoms with Crippen LogP contribution in [0.3, 0.4) is 0 Å². The smallest absolute Gasteiger partial charge is 0.109 e. The summed E-state index contributed by atoms with van der Waals surface area (Å²) in [5.74, 6) is 1.85. The van der Waals surface area contributed by atoms with E-state index in [2.05, 4.69) is 45.0 Å². The van der Waals surface area contributed by atoms with Crippen LogP contribution in [0.5, 0.6) is 0 Å². The van der Waals surface area contributed by atoms with Gasteiger partial charge in [0.1, 0.15) is 6.17 Å². The molecule has 0 spiro atoms. The molecule has 4 rings (SSSR count). The Morgan fingerprint density at radius 1 is 0.972 bits per heavy atom. The van der Waals surface area contributed by atoms with E-state index in [4.69, 9.17) is 0 Å². The summed E-state index contributed by atoms with van der Waals surface area (Å²) < 4.78 is 15.2. The predicted octanol–water partition coefficient (Wildman–Crippen LogP) is 8.13. The van der Waals surface area contributed by atoms with Gasteiger partial charge in [-0.2, -0.15) is 0 Å². The largest absolute Gasteiger partial charge is 0.550 e. The molecule has 1 aromatic carbocycles. The molecule has 0 N–H and O–H groups in total. The minimum Gasteiger partial charge on any atom is -0.550 e. The van der Waals surface area contributed by atoms with Crippen molar-refractivity contribution < 1.29 is 14.3 Å². The zero-order valence-corrected chi connectivity index (χ0v) is 23.2. The number of carbonyl (C=O) groups is 1. The van der Waals surface area contributed by atoms with Crippen molar-refractivity contribution in [1.82, 2.24) is 0 Å². The first-order chi connectivity index (χ1) is 17.4. The van der Waals surface area contributed by atoms with Gasteiger partial charge in [0.25, 0.3) is 0 Å². The third kappa shape index (κ3) is 6.02. The quantitative estimate of drug-likeness (QED) is 0.345. The Bertz CT molecular complexity index is 836. The number of halogens is 1. The van der Waals surface area contributed by atoms with Crippen molar-refractivity contribution in [3.05, 3.63) is 35.4 Å². The van der Waals surface area contributed by atoms with Gasteiger partial charge in [-0.15, -0.1) is 0 Å². The van der Waals surface area contributed by atoms with E-state index in [0.29, 0.717) is 24.7 Å². The fraction of sp³-hybridized carbons (Fsp3) is 0.788. The molecule has 0 aliphatic heterocycles. The van der Waals surface area contributed by atoms with Crippen LogP contribution in [-0.2, 0) is 10.2 Å². The van der Waals surface area contributed by atoms with Gasteiger partial charge in [-0.1, -0.05) is 77.1 Å². The highest BCUT2D eigenvalue weighted by atomic mass is 19.1. The van der Waals surface area contributed by atoms with Gasteiger partial charge in [0.05, 0.1) is 0 Å². The van der Waals surface area contributed by atoms with Gasteiger partial charge < -0.3 is 9.90 Å². The molecule has 3 saturated carbocycles. The number of benzene rings is 1. The zero-order valence-electron chi connectivity index (χ0n) is 23.2. The molecule has 3 aliphatic rings. The summed E-state index contributed by atoms with van der Waals surface area (Å²) in [5, 5.41) is 11.5. The first-order valence-electron chi connectivity index (χ1n) is 15.3. The SMILES string of the molecule is CCCC1CCC(C2CCC(C(C)c3ccccc3C3(CCC)CCC(C(=O)[O-])C(F)C3)CC2)CC1. The molecule has 4 unspecified atom stereocenters. The molecule has 0 aromatic heterocycles. The summed E-state index contributed by atoms with van der Waals surface area (Å²) in [5.41, 5.74) is 2.45. The lowest BCUT2D eigenvalue weighted by atomic mass is 9.61. The number of carbonyl (C=O) groups excluding carboxylic acids is 1. The number of alkyl halides is 1. The van der Waals surface area contributed by atoms with E-state index in [1.807, 2.05) is 0 Å². The standard InChI is InChI=1S/C33H51FO2/c1-4-8-24-11-13-26(14-12-24)27-17-15-25(16-18-27)23(3)28-9-6-7-10-30(28)33(20-5-2)21-19-29(32(35)36)31(34)22-33/h6-7,9-10,23-27,29,31H,4-5,8,11-22H2,1-3H3,(H,35,36)/p-1. The van der Waals surface area contributed by atoms with Crippen LogP contribution < -0.4 is 5.11 Å². The van der Waals surface area contributed by atoms with Crippen molar-refractivity contribution in [2.75, 3.05) is 0 Å². The van der Waals surface area contributed by atoms with Crippen LogP contribution in [0.2, 0.25) is 0 Å². The lowest BCUT2D eigenvalue weighted by Crippen LogP contribution is -2.46. The van der Waals surface area contributed by atoms with Gasteiger partial charge in [-0.3, -0.25) is 0 Å². The van der Waals surface area contributed by atoms with Crippen molar-refractivity contribution in [2.24, 2.45) is 29.6 Å². The van der Waals surface area contributed by atoms with Crippen LogP contribution in [0, 0.1) is 29.6 Å². The second-order valence-corrected chi connectivity index (χ2v) is 12.8. The van der Waals surface area contributed by atoms with Gasteiger partial charge in [-0.05, 0) is 110 Å². The predicted molar refractivity (Wildman–Crippen MR) is 144 cm³/mol. The number of carboxylic acid groups (broad SMARTS) is 1. The van der Waals surface area contributed by atoms with E-state index in [-0.39, 0.29) is 5.41 Å². The molecule has 2 nitrogen and oxygen atoms in total. The third-order valence-corrected chi connectivity index (χ3v) is 10.8. The number of aliphatic carboxylic acids is 1. The summed E-state index contributed by atoms with van der Waals surface area (Å²) in [6.45, 7) is 6.90. The monoisotopic (exact) mass is 497 g/mol. The maximum absolute atomic E-state index is 15.2. The van der Waals surface area contributed by atoms with E-state index in [9.17, 15) is 9.90 Å². The molecular weight excluding hydrogens is 447 g/mol. The molecule has 202 valence electrons. The maximum atomic E-state index is 15.2. The maximum Gasteiger partial charge on any atom is 0.109 e. The summed E-state index contributed by atoms with van der Waals surface area (Å²) in [7, 11) is 0. The molecule has 0 saturated heterocycles. The van der Waals surface area contributed by atoms with Gasteiger partial charge in [0.15, 0.2) is 0 Å². The molecule has 36 heavy (non-hydrogen) atoms. The topological polar surface area (TPSA) is 40.1 Å². The van der Waals surface area contributed by atoms with Crippen LogP contribution in [0.1, 0.15) is 134 Å². The Morgan fingerprint density at radius 2 is 1.61 bits per heavy atom. The molecule has 4 atom stereocenters. The van der Waals surface area contributed by atoms with E-state index in [1.54, 1.807) is 0 Å². The molecule has 3 aliphatic carbocycles. The van der Waals surface area contributed by atoms with Crippen LogP contribution in [0.4, 0.5) is 4.39 Å². The lowest BCUT2D eigenvalue weighted by molar-refractivity contribution is -0.314. The van der Waals surface area contributed by atoms with Crippen molar-refractivity contribution in [3.63, 3.8) is 0 Å². The summed E-state index contributed by atoms with van der Waals surface area (Å²) in [6.07, 6.45) is 16.0. The highest BCUT2D eigenvalue weighted by molar-refractivity contribution is 5.68. The van der Waals surface area contributed by atoms with E-state index in [1.165, 1.54) is 75.3 Å². The van der Waals surface area contributed by atoms with Crippen molar-refractivity contribution in [3.8, 4) is 0 Å². The fourth-order valence-electron chi connectivity index (χ4n) is 8.68. The van der Waals surface area contributed by atoms with Crippen LogP contribution >= 0.6 is 0 Å². The average molecular weight is 498 g/mol. The summed E-state index contributed by atoms with van der Waals surface area (Å²) >= 11 is 0. The second-order valence-electron chi connectivity index (χ2n) is 12.8. The van der Waals surface area contributed by atoms with Crippen molar-refractivity contribution in [1.29, 1.82) is 0 Å². The number of rotatable bonds is 9. The Hall–Kier alpha value is -1.38. The van der Waals surface area contributed by atoms with Gasteiger partial charge in [0, 0.05) is 11.9 Å². The first kappa shape index (κ1) is 27.6. The lowest BCUT2D eigenvalue weighted by Gasteiger charge is -2.45. The zero-order chi connectivity index (χ0) is 25.7. The van der Waals surface area contributed by atoms with Gasteiger partial charge in [-0.25, -0.2) is 4.39 Å². The van der Waals surface area contributed by atoms with Crippen molar-refractivity contribution in [2.45, 2.75) is 135 Å². The minimum absolute atomic E-state index is 0.251. The van der Waals surface area contributed by atoms with Gasteiger partial charge >= 0.3 is 0 Å². The highest BCUT2D eigenvalue weighted by Gasteiger charge is 2.44. The highest BCUT2D eigenvalue weighted by Crippen LogP contribution is 2.50. The Morgan fingerprint density at radius 3 is 2.19 bits per heavy atom. The normalized spacial score (nSPS) is 36.3.